The number of ether oxygens (including phenoxy) is 1. The van der Waals surface area contributed by atoms with Crippen LogP contribution in [0.4, 0.5) is 5.69 Å². The Morgan fingerprint density at radius 3 is 2.77 bits per heavy atom. The zero-order valence-electron chi connectivity index (χ0n) is 12.4. The van der Waals surface area contributed by atoms with Crippen molar-refractivity contribution in [3.05, 3.63) is 18.3 Å². The molecule has 0 unspecified atom stereocenters. The molecule has 1 aromatic heterocycles. The Kier molecular flexibility index (Phi) is 5.33. The molecule has 0 spiro atoms. The van der Waals surface area contributed by atoms with Gasteiger partial charge in [-0.2, -0.15) is 12.7 Å². The van der Waals surface area contributed by atoms with Crippen molar-refractivity contribution in [1.82, 2.24) is 9.29 Å². The van der Waals surface area contributed by atoms with Crippen molar-refractivity contribution < 1.29 is 17.9 Å². The van der Waals surface area contributed by atoms with E-state index in [1.165, 1.54) is 4.31 Å². The molecule has 1 fully saturated rings. The number of piperidine rings is 1. The number of hydrogen-bond acceptors (Lipinski definition) is 5. The third kappa shape index (κ3) is 4.15. The van der Waals surface area contributed by atoms with E-state index in [2.05, 4.69) is 10.3 Å². The zero-order valence-corrected chi connectivity index (χ0v) is 13.2. The minimum absolute atomic E-state index is 0.164. The molecule has 1 aliphatic heterocycles. The van der Waals surface area contributed by atoms with Gasteiger partial charge in [-0.1, -0.05) is 0 Å². The molecule has 0 atom stereocenters. The van der Waals surface area contributed by atoms with Crippen LogP contribution in [-0.4, -0.2) is 43.3 Å². The molecule has 2 heterocycles. The lowest BCUT2D eigenvalue weighted by molar-refractivity contribution is -0.120. The van der Waals surface area contributed by atoms with Crippen LogP contribution >= 0.6 is 0 Å². The first-order chi connectivity index (χ1) is 10.4. The number of nitrogens with zero attached hydrogens (tertiary/aromatic N) is 2. The Bertz CT molecular complexity index is 627. The predicted octanol–water partition coefficient (Wildman–Crippen LogP) is 0.334. The monoisotopic (exact) mass is 328 g/mol. The van der Waals surface area contributed by atoms with Crippen LogP contribution in [0.25, 0.3) is 0 Å². The number of nitrogens with two attached hydrogens (primary N) is 1. The minimum Gasteiger partial charge on any atom is -0.476 e. The van der Waals surface area contributed by atoms with Crippen molar-refractivity contribution in [2.75, 3.05) is 25.0 Å². The van der Waals surface area contributed by atoms with E-state index in [1.54, 1.807) is 18.3 Å². The van der Waals surface area contributed by atoms with E-state index in [4.69, 9.17) is 9.88 Å². The van der Waals surface area contributed by atoms with Gasteiger partial charge in [0.25, 0.3) is 10.2 Å². The molecular formula is C13H20N4O4S. The standard InChI is InChI=1S/C13H20N4O4S/c1-2-21-13-11(4-3-7-15-13)16-12(18)10-5-8-17(9-6-10)22(14,19)20/h3-4,7,10H,2,5-6,8-9H2,1H3,(H,16,18)(H2,14,19,20). The first-order valence-electron chi connectivity index (χ1n) is 7.08. The number of amides is 1. The first kappa shape index (κ1) is 16.7. The number of aromatic nitrogens is 1. The number of pyridine rings is 1. The minimum atomic E-state index is -3.68. The van der Waals surface area contributed by atoms with Crippen LogP contribution in [0.15, 0.2) is 18.3 Å². The normalized spacial score (nSPS) is 17.2. The van der Waals surface area contributed by atoms with Crippen LogP contribution in [0, 0.1) is 5.92 Å². The lowest BCUT2D eigenvalue weighted by Gasteiger charge is -2.29. The van der Waals surface area contributed by atoms with Gasteiger partial charge in [0.1, 0.15) is 5.69 Å². The van der Waals surface area contributed by atoms with Crippen molar-refractivity contribution in [3.63, 3.8) is 0 Å². The van der Waals surface area contributed by atoms with E-state index in [-0.39, 0.29) is 24.9 Å². The molecule has 1 amide bonds. The summed E-state index contributed by atoms with van der Waals surface area (Å²) in [6.07, 6.45) is 2.46. The maximum absolute atomic E-state index is 12.3. The van der Waals surface area contributed by atoms with Crippen molar-refractivity contribution in [2.24, 2.45) is 11.1 Å². The van der Waals surface area contributed by atoms with E-state index in [0.717, 1.165) is 0 Å². The molecule has 1 aliphatic rings. The maximum Gasteiger partial charge on any atom is 0.276 e. The van der Waals surface area contributed by atoms with Crippen LogP contribution in [-0.2, 0) is 15.0 Å². The van der Waals surface area contributed by atoms with E-state index in [9.17, 15) is 13.2 Å². The quantitative estimate of drug-likeness (QED) is 0.808. The molecule has 22 heavy (non-hydrogen) atoms. The fourth-order valence-electron chi connectivity index (χ4n) is 2.34. The Morgan fingerprint density at radius 1 is 1.50 bits per heavy atom. The highest BCUT2D eigenvalue weighted by Gasteiger charge is 2.29. The number of anilines is 1. The fourth-order valence-corrected chi connectivity index (χ4v) is 3.06. The zero-order chi connectivity index (χ0) is 16.2. The van der Waals surface area contributed by atoms with Crippen molar-refractivity contribution in [1.29, 1.82) is 0 Å². The smallest absolute Gasteiger partial charge is 0.276 e. The van der Waals surface area contributed by atoms with Gasteiger partial charge in [-0.15, -0.1) is 0 Å². The lowest BCUT2D eigenvalue weighted by Crippen LogP contribution is -2.44. The van der Waals surface area contributed by atoms with E-state index < -0.39 is 10.2 Å². The molecule has 9 heteroatoms. The summed E-state index contributed by atoms with van der Waals surface area (Å²) in [5, 5.41) is 7.87. The summed E-state index contributed by atoms with van der Waals surface area (Å²) in [6.45, 7) is 2.79. The summed E-state index contributed by atoms with van der Waals surface area (Å²) < 4.78 is 29.0. The molecule has 0 radical (unpaired) electrons. The summed E-state index contributed by atoms with van der Waals surface area (Å²) in [5.74, 6) is -0.0453. The van der Waals surface area contributed by atoms with Gasteiger partial charge in [0.15, 0.2) is 0 Å². The molecule has 3 N–H and O–H groups in total. The summed E-state index contributed by atoms with van der Waals surface area (Å²) >= 11 is 0. The van der Waals surface area contributed by atoms with E-state index in [0.29, 0.717) is 31.0 Å². The molecule has 0 aromatic carbocycles. The average molecular weight is 328 g/mol. The van der Waals surface area contributed by atoms with Gasteiger partial charge in [-0.25, -0.2) is 10.1 Å². The van der Waals surface area contributed by atoms with Crippen LogP contribution in [0.3, 0.4) is 0 Å². The maximum atomic E-state index is 12.3. The van der Waals surface area contributed by atoms with Crippen LogP contribution in [0.1, 0.15) is 19.8 Å². The molecular weight excluding hydrogens is 308 g/mol. The van der Waals surface area contributed by atoms with Crippen molar-refractivity contribution >= 4 is 21.8 Å². The summed E-state index contributed by atoms with van der Waals surface area (Å²) in [7, 11) is -3.68. The second kappa shape index (κ2) is 7.03. The van der Waals surface area contributed by atoms with Gasteiger partial charge in [-0.3, -0.25) is 4.79 Å². The molecule has 0 bridgehead atoms. The Hall–Kier alpha value is -1.71. The van der Waals surface area contributed by atoms with Crippen molar-refractivity contribution in [3.8, 4) is 5.88 Å². The first-order valence-corrected chi connectivity index (χ1v) is 8.58. The van der Waals surface area contributed by atoms with Gasteiger partial charge in [0.05, 0.1) is 6.61 Å². The molecule has 1 aromatic rings. The van der Waals surface area contributed by atoms with Crippen LogP contribution < -0.4 is 15.2 Å². The second-order valence-corrected chi connectivity index (χ2v) is 6.54. The molecule has 2 rings (SSSR count). The van der Waals surface area contributed by atoms with Gasteiger partial charge in [0.2, 0.25) is 11.8 Å². The summed E-state index contributed by atoms with van der Waals surface area (Å²) in [6, 6.07) is 3.43. The number of nitrogens with one attached hydrogen (secondary N) is 1. The number of rotatable bonds is 5. The van der Waals surface area contributed by atoms with Crippen molar-refractivity contribution in [2.45, 2.75) is 19.8 Å². The second-order valence-electron chi connectivity index (χ2n) is 5.00. The predicted molar refractivity (Wildman–Crippen MR) is 81.4 cm³/mol. The third-order valence-electron chi connectivity index (χ3n) is 3.49. The van der Waals surface area contributed by atoms with Gasteiger partial charge in [-0.05, 0) is 31.9 Å². The highest BCUT2D eigenvalue weighted by Crippen LogP contribution is 2.24. The summed E-state index contributed by atoms with van der Waals surface area (Å²) in [4.78, 5) is 16.4. The Morgan fingerprint density at radius 2 is 2.18 bits per heavy atom. The molecule has 122 valence electrons. The topological polar surface area (TPSA) is 115 Å². The van der Waals surface area contributed by atoms with Crippen LogP contribution in [0.2, 0.25) is 0 Å². The van der Waals surface area contributed by atoms with E-state index >= 15 is 0 Å². The van der Waals surface area contributed by atoms with Crippen LogP contribution in [0.5, 0.6) is 5.88 Å². The Labute approximate surface area is 129 Å². The number of carbonyl (C=O) groups excluding carboxylic acids is 1. The number of carbonyl (C=O) groups is 1. The largest absolute Gasteiger partial charge is 0.476 e. The van der Waals surface area contributed by atoms with Gasteiger partial charge < -0.3 is 10.1 Å². The molecule has 0 saturated carbocycles. The molecule has 8 nitrogen and oxygen atoms in total. The average Bonchev–Trinajstić information content (AvgIpc) is 2.49. The fraction of sp³-hybridized carbons (Fsp3) is 0.538. The molecule has 0 aliphatic carbocycles. The lowest BCUT2D eigenvalue weighted by atomic mass is 9.97. The summed E-state index contributed by atoms with van der Waals surface area (Å²) in [5.41, 5.74) is 0.517. The van der Waals surface area contributed by atoms with Gasteiger partial charge in [0, 0.05) is 25.2 Å². The number of hydrogen-bond donors (Lipinski definition) is 2. The van der Waals surface area contributed by atoms with E-state index in [1.807, 2.05) is 6.92 Å². The highest BCUT2D eigenvalue weighted by atomic mass is 32.2. The van der Waals surface area contributed by atoms with Gasteiger partial charge >= 0.3 is 0 Å². The highest BCUT2D eigenvalue weighted by molar-refractivity contribution is 7.86. The third-order valence-corrected chi connectivity index (χ3v) is 4.58. The SMILES string of the molecule is CCOc1ncccc1NC(=O)C1CCN(S(N)(=O)=O)CC1. The Balaban J connectivity index is 1.97. The molecule has 1 saturated heterocycles.